The van der Waals surface area contributed by atoms with Crippen LogP contribution >= 0.6 is 0 Å². The van der Waals surface area contributed by atoms with Crippen LogP contribution in [0.2, 0.25) is 0 Å². The van der Waals surface area contributed by atoms with Crippen molar-refractivity contribution in [3.05, 3.63) is 30.3 Å². The molecule has 2 heteroatoms. The normalized spacial score (nSPS) is 12.1. The first-order valence-electron chi connectivity index (χ1n) is 3.60. The molecule has 0 saturated carbocycles. The lowest BCUT2D eigenvalue weighted by Crippen LogP contribution is -2.10. The second-order valence-corrected chi connectivity index (χ2v) is 2.37. The van der Waals surface area contributed by atoms with Gasteiger partial charge in [0.05, 0.1) is 0 Å². The van der Waals surface area contributed by atoms with E-state index < -0.39 is 0 Å². The highest BCUT2D eigenvalue weighted by Gasteiger charge is 1.93. The first kappa shape index (κ1) is 7.79. The summed E-state index contributed by atoms with van der Waals surface area (Å²) in [4.78, 5) is 3.82. The van der Waals surface area contributed by atoms with Crippen molar-refractivity contribution in [2.24, 2.45) is 4.99 Å². The van der Waals surface area contributed by atoms with Crippen molar-refractivity contribution in [2.75, 3.05) is 5.32 Å². The monoisotopic (exact) mass is 148 g/mol. The van der Waals surface area contributed by atoms with Gasteiger partial charge in [0.15, 0.2) is 0 Å². The topological polar surface area (TPSA) is 24.4 Å². The summed E-state index contributed by atoms with van der Waals surface area (Å²) < 4.78 is 0. The predicted octanol–water partition coefficient (Wildman–Crippen LogP) is 2.15. The number of para-hydroxylation sites is 1. The summed E-state index contributed by atoms with van der Waals surface area (Å²) in [5, 5.41) is 3.16. The molecule has 58 valence electrons. The molecule has 0 aliphatic heterocycles. The maximum absolute atomic E-state index is 3.82. The van der Waals surface area contributed by atoms with Gasteiger partial charge in [0.25, 0.3) is 0 Å². The minimum Gasteiger partial charge on any atom is -0.364 e. The molecule has 1 N–H and O–H groups in total. The molecule has 0 amide bonds. The Hall–Kier alpha value is -1.31. The third-order valence-electron chi connectivity index (χ3n) is 1.42. The molecule has 1 aromatic carbocycles. The van der Waals surface area contributed by atoms with Crippen LogP contribution in [0.15, 0.2) is 35.3 Å². The number of rotatable bonds is 3. The van der Waals surface area contributed by atoms with Crippen molar-refractivity contribution in [1.82, 2.24) is 0 Å². The number of nitrogens with one attached hydrogen (secondary N) is 1. The minimum atomic E-state index is 0.0809. The summed E-state index contributed by atoms with van der Waals surface area (Å²) in [5.41, 5.74) is 1.08. The Labute approximate surface area is 67.0 Å². The molecule has 0 aromatic heterocycles. The smallest absolute Gasteiger partial charge is 0.115 e. The first-order valence-corrected chi connectivity index (χ1v) is 3.60. The van der Waals surface area contributed by atoms with Crippen LogP contribution in [0.5, 0.6) is 0 Å². The van der Waals surface area contributed by atoms with Crippen molar-refractivity contribution in [3.63, 3.8) is 0 Å². The first-order chi connectivity index (χ1) is 5.33. The standard InChI is InChI=1S/C9H12N2/c1-8(10-2)11-9-6-4-3-5-7-9/h3-8,11H,2H2,1H3. The molecule has 0 aliphatic rings. The van der Waals surface area contributed by atoms with Crippen LogP contribution in [-0.2, 0) is 0 Å². The van der Waals surface area contributed by atoms with E-state index in [-0.39, 0.29) is 6.17 Å². The summed E-state index contributed by atoms with van der Waals surface area (Å²) in [5.74, 6) is 0. The van der Waals surface area contributed by atoms with Gasteiger partial charge in [0.2, 0.25) is 0 Å². The zero-order valence-electron chi connectivity index (χ0n) is 6.62. The highest BCUT2D eigenvalue weighted by Crippen LogP contribution is 2.06. The van der Waals surface area contributed by atoms with Crippen LogP contribution in [0.25, 0.3) is 0 Å². The Balaban J connectivity index is 2.57. The van der Waals surface area contributed by atoms with E-state index in [4.69, 9.17) is 0 Å². The number of nitrogens with zero attached hydrogens (tertiary/aromatic N) is 1. The molecule has 1 aromatic rings. The molecule has 1 atom stereocenters. The molecular formula is C9H12N2. The number of anilines is 1. The van der Waals surface area contributed by atoms with E-state index in [1.54, 1.807) is 0 Å². The largest absolute Gasteiger partial charge is 0.364 e. The van der Waals surface area contributed by atoms with Crippen LogP contribution < -0.4 is 5.32 Å². The number of benzene rings is 1. The molecule has 11 heavy (non-hydrogen) atoms. The fraction of sp³-hybridized carbons (Fsp3) is 0.222. The fourth-order valence-corrected chi connectivity index (χ4v) is 0.821. The molecule has 0 fully saturated rings. The average Bonchev–Trinajstić information content (AvgIpc) is 2.06. The Morgan fingerprint density at radius 2 is 2.00 bits per heavy atom. The maximum Gasteiger partial charge on any atom is 0.115 e. The van der Waals surface area contributed by atoms with E-state index in [0.717, 1.165) is 5.69 Å². The Kier molecular flexibility index (Phi) is 2.66. The van der Waals surface area contributed by atoms with Gasteiger partial charge in [0.1, 0.15) is 6.17 Å². The van der Waals surface area contributed by atoms with Gasteiger partial charge in [-0.25, -0.2) is 0 Å². The van der Waals surface area contributed by atoms with Gasteiger partial charge in [-0.15, -0.1) is 0 Å². The summed E-state index contributed by atoms with van der Waals surface area (Å²) in [6.45, 7) is 5.40. The third-order valence-corrected chi connectivity index (χ3v) is 1.42. The number of hydrogen-bond acceptors (Lipinski definition) is 2. The third kappa shape index (κ3) is 2.42. The van der Waals surface area contributed by atoms with Crippen molar-refractivity contribution >= 4 is 12.4 Å². The van der Waals surface area contributed by atoms with Gasteiger partial charge in [-0.3, -0.25) is 4.99 Å². The lowest BCUT2D eigenvalue weighted by Gasteiger charge is -2.08. The fourth-order valence-electron chi connectivity index (χ4n) is 0.821. The molecule has 2 nitrogen and oxygen atoms in total. The molecule has 1 unspecified atom stereocenters. The molecule has 0 aliphatic carbocycles. The van der Waals surface area contributed by atoms with E-state index in [2.05, 4.69) is 17.0 Å². The number of hydrogen-bond donors (Lipinski definition) is 1. The molecule has 0 bridgehead atoms. The molecule has 0 radical (unpaired) electrons. The van der Waals surface area contributed by atoms with Crippen molar-refractivity contribution < 1.29 is 0 Å². The van der Waals surface area contributed by atoms with E-state index in [9.17, 15) is 0 Å². The lowest BCUT2D eigenvalue weighted by atomic mass is 10.3. The van der Waals surface area contributed by atoms with E-state index in [1.165, 1.54) is 0 Å². The molecule has 1 rings (SSSR count). The van der Waals surface area contributed by atoms with Gasteiger partial charge < -0.3 is 5.32 Å². The van der Waals surface area contributed by atoms with Crippen LogP contribution in [-0.4, -0.2) is 12.9 Å². The highest BCUT2D eigenvalue weighted by molar-refractivity contribution is 5.43. The van der Waals surface area contributed by atoms with Crippen molar-refractivity contribution in [3.8, 4) is 0 Å². The zero-order chi connectivity index (χ0) is 8.10. The summed E-state index contributed by atoms with van der Waals surface area (Å²) in [6.07, 6.45) is 0.0809. The number of aliphatic imine (C=N–C) groups is 1. The molecule has 0 saturated heterocycles. The van der Waals surface area contributed by atoms with Crippen molar-refractivity contribution in [1.29, 1.82) is 0 Å². The quantitative estimate of drug-likeness (QED) is 0.652. The Morgan fingerprint density at radius 1 is 1.36 bits per heavy atom. The van der Waals surface area contributed by atoms with Crippen LogP contribution in [0.1, 0.15) is 6.92 Å². The van der Waals surface area contributed by atoms with E-state index in [0.29, 0.717) is 0 Å². The molecule has 0 heterocycles. The van der Waals surface area contributed by atoms with Gasteiger partial charge in [0, 0.05) is 5.69 Å². The lowest BCUT2D eigenvalue weighted by molar-refractivity contribution is 0.862. The summed E-state index contributed by atoms with van der Waals surface area (Å²) in [7, 11) is 0. The van der Waals surface area contributed by atoms with Crippen LogP contribution in [0.4, 0.5) is 5.69 Å². The predicted molar refractivity (Wildman–Crippen MR) is 49.1 cm³/mol. The molecule has 0 spiro atoms. The van der Waals surface area contributed by atoms with E-state index in [1.807, 2.05) is 37.3 Å². The SMILES string of the molecule is C=NC(C)Nc1ccccc1. The van der Waals surface area contributed by atoms with E-state index >= 15 is 0 Å². The Bertz CT molecular complexity index is 218. The second kappa shape index (κ2) is 3.76. The summed E-state index contributed by atoms with van der Waals surface area (Å²) in [6, 6.07) is 9.96. The Morgan fingerprint density at radius 3 is 2.55 bits per heavy atom. The van der Waals surface area contributed by atoms with Gasteiger partial charge in [-0.2, -0.15) is 0 Å². The van der Waals surface area contributed by atoms with Gasteiger partial charge in [-0.05, 0) is 25.8 Å². The minimum absolute atomic E-state index is 0.0809. The van der Waals surface area contributed by atoms with Crippen molar-refractivity contribution in [2.45, 2.75) is 13.1 Å². The molecular weight excluding hydrogens is 136 g/mol. The summed E-state index contributed by atoms with van der Waals surface area (Å²) >= 11 is 0. The highest BCUT2D eigenvalue weighted by atomic mass is 15.0. The van der Waals surface area contributed by atoms with Gasteiger partial charge >= 0.3 is 0 Å². The average molecular weight is 148 g/mol. The maximum atomic E-state index is 3.82. The second-order valence-electron chi connectivity index (χ2n) is 2.37. The van der Waals surface area contributed by atoms with Crippen LogP contribution in [0.3, 0.4) is 0 Å². The van der Waals surface area contributed by atoms with Gasteiger partial charge in [-0.1, -0.05) is 18.2 Å². The zero-order valence-corrected chi connectivity index (χ0v) is 6.62. The van der Waals surface area contributed by atoms with Crippen LogP contribution in [0, 0.1) is 0 Å².